The maximum atomic E-state index is 13.9. The van der Waals surface area contributed by atoms with Crippen LogP contribution in [-0.4, -0.2) is 132 Å². The number of carbonyl (C=O) groups is 5. The van der Waals surface area contributed by atoms with Crippen molar-refractivity contribution in [2.24, 2.45) is 10.8 Å². The van der Waals surface area contributed by atoms with Crippen LogP contribution in [0, 0.1) is 22.2 Å². The molecule has 6 heterocycles. The fourth-order valence-electron chi connectivity index (χ4n) is 11.7. The van der Waals surface area contributed by atoms with E-state index in [1.807, 2.05) is 17.0 Å². The largest absolute Gasteiger partial charge is 0.489 e. The molecule has 10 rings (SSSR count). The zero-order chi connectivity index (χ0) is 42.7. The number of carbonyl (C=O) groups excluding carboxylic acids is 5. The number of hydrogen-bond acceptors (Lipinski definition) is 11. The molecule has 316 valence electrons. The molecule has 1 saturated carbocycles. The van der Waals surface area contributed by atoms with E-state index in [2.05, 4.69) is 70.8 Å². The smallest absolute Gasteiger partial charge is 0.262 e. The average molecular weight is 845 g/mol. The second-order valence-corrected chi connectivity index (χ2v) is 19.3. The van der Waals surface area contributed by atoms with E-state index in [0.29, 0.717) is 46.1 Å². The fourth-order valence-corrected chi connectivity index (χ4v) is 11.9. The molecule has 1 unspecified atom stereocenters. The minimum Gasteiger partial charge on any atom is -0.489 e. The third kappa shape index (κ3) is 6.30. The first-order valence-electron chi connectivity index (χ1n) is 21.3. The number of ether oxygens (including phenoxy) is 1. The van der Waals surface area contributed by atoms with E-state index in [4.69, 9.17) is 16.3 Å². The Hall–Kier alpha value is -5.49. The first-order chi connectivity index (χ1) is 29.1. The summed E-state index contributed by atoms with van der Waals surface area (Å²) in [6, 6.07) is 18.8. The molecule has 7 aliphatic rings. The Morgan fingerprint density at radius 1 is 0.738 bits per heavy atom. The molecule has 5 fully saturated rings. The van der Waals surface area contributed by atoms with Gasteiger partial charge in [-0.2, -0.15) is 5.26 Å². The number of nitrogens with one attached hydrogen (secondary N) is 1. The number of rotatable bonds is 8. The minimum atomic E-state index is -0.971. The normalized spacial score (nSPS) is 26.4. The lowest BCUT2D eigenvalue weighted by Crippen LogP contribution is -2.74. The van der Waals surface area contributed by atoms with Gasteiger partial charge in [0.2, 0.25) is 11.8 Å². The lowest BCUT2D eigenvalue weighted by atomic mass is 9.49. The van der Waals surface area contributed by atoms with Crippen molar-refractivity contribution < 1.29 is 28.7 Å². The number of benzene rings is 3. The quantitative estimate of drug-likeness (QED) is 0.326. The second kappa shape index (κ2) is 14.3. The summed E-state index contributed by atoms with van der Waals surface area (Å²) in [6.07, 6.45) is 0.0671. The molecule has 14 nitrogen and oxygen atoms in total. The third-order valence-electron chi connectivity index (χ3n) is 14.6. The van der Waals surface area contributed by atoms with Gasteiger partial charge in [0, 0.05) is 117 Å². The van der Waals surface area contributed by atoms with Gasteiger partial charge >= 0.3 is 0 Å². The van der Waals surface area contributed by atoms with E-state index in [-0.39, 0.29) is 41.7 Å². The Morgan fingerprint density at radius 3 is 2.07 bits per heavy atom. The zero-order valence-corrected chi connectivity index (χ0v) is 35.6. The number of anilines is 2. The van der Waals surface area contributed by atoms with Crippen LogP contribution < -0.4 is 19.9 Å². The van der Waals surface area contributed by atoms with Gasteiger partial charge in [0.25, 0.3) is 17.7 Å². The van der Waals surface area contributed by atoms with E-state index in [1.165, 1.54) is 0 Å². The van der Waals surface area contributed by atoms with E-state index >= 15 is 0 Å². The Kier molecular flexibility index (Phi) is 9.28. The minimum absolute atomic E-state index is 0.0348. The molecular formula is C46H49ClN8O6. The number of hydrogen-bond donors (Lipinski definition) is 1. The van der Waals surface area contributed by atoms with Crippen LogP contribution in [0.1, 0.15) is 82.7 Å². The number of halogens is 1. The van der Waals surface area contributed by atoms with Crippen LogP contribution in [0.5, 0.6) is 5.75 Å². The monoisotopic (exact) mass is 844 g/mol. The summed E-state index contributed by atoms with van der Waals surface area (Å²) >= 11 is 6.31. The number of imide groups is 2. The van der Waals surface area contributed by atoms with Crippen LogP contribution in [0.25, 0.3) is 0 Å². The Balaban J connectivity index is 0.701. The van der Waals surface area contributed by atoms with Gasteiger partial charge in [0.05, 0.1) is 21.7 Å². The Labute approximate surface area is 359 Å². The maximum absolute atomic E-state index is 13.9. The zero-order valence-electron chi connectivity index (χ0n) is 34.8. The predicted molar refractivity (Wildman–Crippen MR) is 227 cm³/mol. The predicted octanol–water partition coefficient (Wildman–Crippen LogP) is 4.15. The molecule has 3 aromatic carbocycles. The van der Waals surface area contributed by atoms with Crippen molar-refractivity contribution in [1.29, 1.82) is 5.26 Å². The summed E-state index contributed by atoms with van der Waals surface area (Å²) in [5.41, 5.74) is 4.25. The first-order valence-corrected chi connectivity index (χ1v) is 21.7. The van der Waals surface area contributed by atoms with Crippen molar-refractivity contribution in [3.8, 4) is 11.8 Å². The molecule has 5 amide bonds. The van der Waals surface area contributed by atoms with Crippen LogP contribution >= 0.6 is 11.6 Å². The molecular weight excluding hydrogens is 796 g/mol. The van der Waals surface area contributed by atoms with Crippen molar-refractivity contribution in [3.05, 3.63) is 87.4 Å². The molecule has 1 aliphatic carbocycles. The number of nitrogens with zero attached hydrogens (tertiary/aromatic N) is 7. The van der Waals surface area contributed by atoms with Crippen LogP contribution in [0.2, 0.25) is 5.02 Å². The second-order valence-electron chi connectivity index (χ2n) is 18.9. The molecule has 61 heavy (non-hydrogen) atoms. The van der Waals surface area contributed by atoms with Gasteiger partial charge < -0.3 is 19.4 Å². The summed E-state index contributed by atoms with van der Waals surface area (Å²) in [4.78, 5) is 77.3. The lowest BCUT2D eigenvalue weighted by molar-refractivity contribution is -0.199. The fraction of sp³-hybridized carbons (Fsp3) is 0.478. The van der Waals surface area contributed by atoms with Gasteiger partial charge in [-0.1, -0.05) is 39.3 Å². The summed E-state index contributed by atoms with van der Waals surface area (Å²) in [5, 5.41) is 11.9. The number of fused-ring (bicyclic) bond motifs is 2. The van der Waals surface area contributed by atoms with Gasteiger partial charge in [0.15, 0.2) is 0 Å². The molecule has 4 saturated heterocycles. The van der Waals surface area contributed by atoms with E-state index in [0.717, 1.165) is 79.8 Å². The average Bonchev–Trinajstić information content (AvgIpc) is 3.64. The Bertz CT molecular complexity index is 2430. The van der Waals surface area contributed by atoms with Crippen molar-refractivity contribution in [2.45, 2.75) is 77.4 Å². The number of piperidine rings is 1. The van der Waals surface area contributed by atoms with Crippen LogP contribution in [0.4, 0.5) is 11.4 Å². The van der Waals surface area contributed by atoms with Gasteiger partial charge in [-0.15, -0.1) is 0 Å². The van der Waals surface area contributed by atoms with Crippen LogP contribution in [0.15, 0.2) is 54.6 Å². The summed E-state index contributed by atoms with van der Waals surface area (Å²) in [6.45, 7) is 16.7. The van der Waals surface area contributed by atoms with Gasteiger partial charge in [-0.3, -0.25) is 44.0 Å². The summed E-state index contributed by atoms with van der Waals surface area (Å²) in [5.74, 6) is -1.28. The molecule has 6 aliphatic heterocycles. The van der Waals surface area contributed by atoms with E-state index in [9.17, 15) is 29.2 Å². The highest BCUT2D eigenvalue weighted by atomic mass is 35.5. The first kappa shape index (κ1) is 39.6. The number of nitriles is 1. The molecule has 15 heteroatoms. The van der Waals surface area contributed by atoms with Crippen LogP contribution in [0.3, 0.4) is 0 Å². The maximum Gasteiger partial charge on any atom is 0.262 e. The standard InChI is InChI=1S/C46H49ClN8O6/c1-45(2)43(46(3,4)44(45)61-32-8-5-26(20-48)36(47)19-32)54-21-27-17-28(6-9-33(27)40(54)58)50-13-15-51(16-14-50)30-22-53(23-30)31-24-52(25-31)29-7-10-34-35(18-29)42(60)55(41(34)59)37-11-12-38(56)49-39(37)57/h5-10,17-19,30-31,37,43-44H,11-16,21-25H2,1-4H3,(H,49,56,57)/t37?,43-,44-. The highest BCUT2D eigenvalue weighted by molar-refractivity contribution is 6.31. The van der Waals surface area contributed by atoms with Crippen molar-refractivity contribution in [3.63, 3.8) is 0 Å². The SMILES string of the molecule is CC1(C)[C@H](Oc2ccc(C#N)c(Cl)c2)C(C)(C)[C@H]1N1Cc2cc(N3CCN(C4CN(C5CN(c6ccc7c(c6)C(=O)N(C6CCC(=O)NC6=O)C7=O)C5)C4)CC3)ccc2C1=O. The van der Waals surface area contributed by atoms with Crippen molar-refractivity contribution >= 4 is 52.5 Å². The molecule has 3 aromatic rings. The molecule has 0 spiro atoms. The highest BCUT2D eigenvalue weighted by Crippen LogP contribution is 2.59. The molecule has 1 N–H and O–H groups in total. The van der Waals surface area contributed by atoms with E-state index in [1.54, 1.807) is 30.3 Å². The van der Waals surface area contributed by atoms with Crippen molar-refractivity contribution in [2.75, 3.05) is 62.2 Å². The van der Waals surface area contributed by atoms with Gasteiger partial charge in [-0.05, 0) is 60.5 Å². The number of piperazine rings is 1. The topological polar surface area (TPSA) is 150 Å². The van der Waals surface area contributed by atoms with Crippen LogP contribution in [-0.2, 0) is 16.1 Å². The molecule has 1 atom stereocenters. The summed E-state index contributed by atoms with van der Waals surface area (Å²) in [7, 11) is 0. The highest BCUT2D eigenvalue weighted by Gasteiger charge is 2.67. The molecule has 0 radical (unpaired) electrons. The Morgan fingerprint density at radius 2 is 1.39 bits per heavy atom. The number of likely N-dealkylation sites (tertiary alicyclic amines) is 1. The lowest BCUT2D eigenvalue weighted by Gasteiger charge is -2.65. The molecule has 0 bridgehead atoms. The number of amides is 5. The van der Waals surface area contributed by atoms with E-state index < -0.39 is 29.7 Å². The summed E-state index contributed by atoms with van der Waals surface area (Å²) < 4.78 is 6.50. The van der Waals surface area contributed by atoms with Gasteiger partial charge in [-0.25, -0.2) is 0 Å². The van der Waals surface area contributed by atoms with Gasteiger partial charge in [0.1, 0.15) is 24.0 Å². The third-order valence-corrected chi connectivity index (χ3v) is 14.9. The van der Waals surface area contributed by atoms with Crippen molar-refractivity contribution in [1.82, 2.24) is 24.9 Å². The molecule has 0 aromatic heterocycles.